The number of nitrogens with zero attached hydrogens (tertiary/aromatic N) is 6. The molecule has 1 saturated heterocycles. The van der Waals surface area contributed by atoms with Crippen LogP contribution < -0.4 is 20.3 Å². The van der Waals surface area contributed by atoms with Crippen molar-refractivity contribution in [1.29, 1.82) is 0 Å². The minimum atomic E-state index is -4.63. The van der Waals surface area contributed by atoms with E-state index in [4.69, 9.17) is 9.72 Å². The molecule has 1 unspecified atom stereocenters. The van der Waals surface area contributed by atoms with Gasteiger partial charge in [-0.25, -0.2) is 24.3 Å². The first-order valence-corrected chi connectivity index (χ1v) is 15.4. The van der Waals surface area contributed by atoms with E-state index in [9.17, 15) is 23.1 Å². The second-order valence-electron chi connectivity index (χ2n) is 11.5. The smallest absolute Gasteiger partial charge is 0.416 e. The Balaban J connectivity index is 1.02. The minimum absolute atomic E-state index is 0.0219. The summed E-state index contributed by atoms with van der Waals surface area (Å²) in [4.78, 5) is 28.2. The molecule has 4 heterocycles. The number of aliphatic hydroxyl groups excluding tert-OH is 1. The fourth-order valence-corrected chi connectivity index (χ4v) is 5.35. The molecule has 0 saturated carbocycles. The van der Waals surface area contributed by atoms with Gasteiger partial charge in [-0.1, -0.05) is 36.4 Å². The summed E-state index contributed by atoms with van der Waals surface area (Å²) in [5.74, 6) is 1.40. The van der Waals surface area contributed by atoms with Crippen molar-refractivity contribution in [2.24, 2.45) is 0 Å². The molecule has 0 radical (unpaired) electrons. The van der Waals surface area contributed by atoms with Gasteiger partial charge in [0.2, 0.25) is 0 Å². The highest BCUT2D eigenvalue weighted by molar-refractivity contribution is 6.02. The molecule has 3 aromatic heterocycles. The number of ether oxygens (including phenoxy) is 1. The quantitative estimate of drug-likeness (QED) is 0.152. The predicted molar refractivity (Wildman–Crippen MR) is 178 cm³/mol. The van der Waals surface area contributed by atoms with Gasteiger partial charge in [-0.2, -0.15) is 18.3 Å². The van der Waals surface area contributed by atoms with E-state index in [1.807, 2.05) is 24.4 Å². The van der Waals surface area contributed by atoms with E-state index in [0.717, 1.165) is 54.2 Å². The van der Waals surface area contributed by atoms with Crippen LogP contribution in [0.4, 0.5) is 35.2 Å². The lowest BCUT2D eigenvalue weighted by Crippen LogP contribution is -2.37. The summed E-state index contributed by atoms with van der Waals surface area (Å²) in [7, 11) is 0. The highest BCUT2D eigenvalue weighted by atomic mass is 19.4. The number of aliphatic hydroxyl groups is 1. The molecular weight excluding hydrogens is 637 g/mol. The van der Waals surface area contributed by atoms with E-state index in [0.29, 0.717) is 22.4 Å². The number of fused-ring (bicyclic) bond motifs is 1. The second kappa shape index (κ2) is 12.9. The maximum Gasteiger partial charge on any atom is 0.416 e. The van der Waals surface area contributed by atoms with Gasteiger partial charge in [-0.05, 0) is 66.4 Å². The zero-order valence-corrected chi connectivity index (χ0v) is 26.0. The number of amides is 2. The summed E-state index contributed by atoms with van der Waals surface area (Å²) < 4.78 is 48.2. The number of halogens is 3. The summed E-state index contributed by atoms with van der Waals surface area (Å²) in [6.07, 6.45) is 2.05. The van der Waals surface area contributed by atoms with Gasteiger partial charge in [0.15, 0.2) is 5.65 Å². The predicted octanol–water partition coefficient (Wildman–Crippen LogP) is 7.57. The largest absolute Gasteiger partial charge is 0.424 e. The van der Waals surface area contributed by atoms with Crippen LogP contribution in [0, 0.1) is 0 Å². The van der Waals surface area contributed by atoms with Crippen LogP contribution in [-0.2, 0) is 6.18 Å². The molecule has 248 valence electrons. The molecule has 49 heavy (non-hydrogen) atoms. The van der Waals surface area contributed by atoms with Gasteiger partial charge >= 0.3 is 18.2 Å². The van der Waals surface area contributed by atoms with Crippen molar-refractivity contribution in [2.45, 2.75) is 25.6 Å². The van der Waals surface area contributed by atoms with Gasteiger partial charge in [0.1, 0.15) is 11.6 Å². The van der Waals surface area contributed by atoms with E-state index in [2.05, 4.69) is 30.6 Å². The zero-order chi connectivity index (χ0) is 34.1. The number of urea groups is 1. The van der Waals surface area contributed by atoms with Gasteiger partial charge < -0.3 is 25.4 Å². The summed E-state index contributed by atoms with van der Waals surface area (Å²) in [6.45, 7) is 3.57. The van der Waals surface area contributed by atoms with Crippen LogP contribution in [0.15, 0.2) is 97.6 Å². The molecule has 1 fully saturated rings. The van der Waals surface area contributed by atoms with Crippen LogP contribution >= 0.6 is 0 Å². The van der Waals surface area contributed by atoms with Crippen LogP contribution in [0.5, 0.6) is 11.8 Å². The number of anilines is 3. The Hall–Kier alpha value is -6.02. The molecule has 14 heteroatoms. The highest BCUT2D eigenvalue weighted by Gasteiger charge is 2.31. The maximum atomic E-state index is 13.5. The average Bonchev–Trinajstić information content (AvgIpc) is 3.48. The third kappa shape index (κ3) is 6.85. The van der Waals surface area contributed by atoms with E-state index in [1.54, 1.807) is 54.0 Å². The summed E-state index contributed by atoms with van der Waals surface area (Å²) in [5.41, 5.74) is 3.15. The monoisotopic (exact) mass is 666 g/mol. The van der Waals surface area contributed by atoms with Crippen molar-refractivity contribution >= 4 is 28.9 Å². The van der Waals surface area contributed by atoms with Crippen LogP contribution in [0.3, 0.4) is 0 Å². The average molecular weight is 667 g/mol. The van der Waals surface area contributed by atoms with Crippen LogP contribution in [-0.4, -0.2) is 48.8 Å². The first-order valence-electron chi connectivity index (χ1n) is 15.4. The Morgan fingerprint density at radius 1 is 0.918 bits per heavy atom. The molecule has 2 amide bonds. The molecule has 11 nitrogen and oxygen atoms in total. The number of alkyl halides is 3. The van der Waals surface area contributed by atoms with Gasteiger partial charge in [-0.15, -0.1) is 0 Å². The molecule has 6 aromatic rings. The zero-order valence-electron chi connectivity index (χ0n) is 26.0. The van der Waals surface area contributed by atoms with E-state index >= 15 is 0 Å². The standard InChI is InChI=1S/C35H29F3N8O3/c1-21(47)23-4-2-5-24(16-23)28-11-8-25(35(36,37)38)17-30(28)43-33(48)42-26-18-39-34(40-19-26)49-27-9-6-22(7-10-27)29-20-41-46-15-12-31(44-32(29)46)45-13-3-14-45/h2,4-12,15-21,47H,3,13-14H2,1H3,(H2,42,43,48). The Morgan fingerprint density at radius 3 is 2.39 bits per heavy atom. The number of hydrogen-bond acceptors (Lipinski definition) is 8. The van der Waals surface area contributed by atoms with Crippen molar-refractivity contribution < 1.29 is 27.8 Å². The first-order chi connectivity index (χ1) is 23.6. The summed E-state index contributed by atoms with van der Waals surface area (Å²) >= 11 is 0. The van der Waals surface area contributed by atoms with Crippen molar-refractivity contribution in [3.05, 3.63) is 109 Å². The van der Waals surface area contributed by atoms with Gasteiger partial charge in [0, 0.05) is 30.4 Å². The molecule has 0 spiro atoms. The summed E-state index contributed by atoms with van der Waals surface area (Å²) in [6, 6.07) is 18.3. The fraction of sp³-hybridized carbons (Fsp3) is 0.171. The second-order valence-corrected chi connectivity index (χ2v) is 11.5. The number of benzene rings is 3. The Morgan fingerprint density at radius 2 is 1.69 bits per heavy atom. The van der Waals surface area contributed by atoms with Crippen LogP contribution in [0.25, 0.3) is 27.9 Å². The van der Waals surface area contributed by atoms with E-state index in [1.165, 1.54) is 18.5 Å². The molecule has 7 rings (SSSR count). The number of nitrogens with one attached hydrogen (secondary N) is 2. The number of rotatable bonds is 8. The van der Waals surface area contributed by atoms with Crippen molar-refractivity contribution in [3.63, 3.8) is 0 Å². The van der Waals surface area contributed by atoms with Crippen molar-refractivity contribution in [1.82, 2.24) is 24.6 Å². The normalized spacial score (nSPS) is 13.5. The molecule has 0 aliphatic carbocycles. The topological polar surface area (TPSA) is 130 Å². The van der Waals surface area contributed by atoms with Crippen molar-refractivity contribution in [2.75, 3.05) is 28.6 Å². The molecule has 1 atom stereocenters. The first kappa shape index (κ1) is 31.6. The maximum absolute atomic E-state index is 13.5. The molecule has 3 N–H and O–H groups in total. The third-order valence-corrected chi connectivity index (χ3v) is 8.07. The van der Waals surface area contributed by atoms with Crippen LogP contribution in [0.2, 0.25) is 0 Å². The van der Waals surface area contributed by atoms with Gasteiger partial charge in [0.25, 0.3) is 0 Å². The van der Waals surface area contributed by atoms with E-state index in [-0.39, 0.29) is 17.4 Å². The minimum Gasteiger partial charge on any atom is -0.424 e. The lowest BCUT2D eigenvalue weighted by atomic mass is 9.98. The number of carbonyl (C=O) groups is 1. The SMILES string of the molecule is CC(O)c1cccc(-c2ccc(C(F)(F)F)cc2NC(=O)Nc2cnc(Oc3ccc(-c4cnn5ccc(N6CCC6)nc45)cc3)nc2)c1. The van der Waals surface area contributed by atoms with Gasteiger partial charge in [-0.3, -0.25) is 0 Å². The Bertz CT molecular complexity index is 2130. The number of hydrogen-bond donors (Lipinski definition) is 3. The Labute approximate surface area is 278 Å². The van der Waals surface area contributed by atoms with Crippen molar-refractivity contribution in [3.8, 4) is 34.0 Å². The third-order valence-electron chi connectivity index (χ3n) is 8.07. The lowest BCUT2D eigenvalue weighted by molar-refractivity contribution is -0.137. The lowest BCUT2D eigenvalue weighted by Gasteiger charge is -2.31. The summed E-state index contributed by atoms with van der Waals surface area (Å²) in [5, 5.41) is 19.4. The van der Waals surface area contributed by atoms with E-state index < -0.39 is 23.9 Å². The number of aromatic nitrogens is 5. The molecule has 1 aliphatic heterocycles. The fourth-order valence-electron chi connectivity index (χ4n) is 5.35. The molecule has 1 aliphatic rings. The highest BCUT2D eigenvalue weighted by Crippen LogP contribution is 2.37. The van der Waals surface area contributed by atoms with Crippen LogP contribution in [0.1, 0.15) is 30.6 Å². The molecule has 3 aromatic carbocycles. The van der Waals surface area contributed by atoms with Gasteiger partial charge in [0.05, 0.1) is 41.6 Å². The Kier molecular flexibility index (Phi) is 8.30. The molecular formula is C35H29F3N8O3. The molecule has 0 bridgehead atoms. The number of carbonyl (C=O) groups excluding carboxylic acids is 1.